The Morgan fingerprint density at radius 2 is 2.06 bits per heavy atom. The number of nitrogens with two attached hydrogens (primary N) is 1. The van der Waals surface area contributed by atoms with Crippen molar-refractivity contribution in [2.45, 2.75) is 31.8 Å². The fourth-order valence-corrected chi connectivity index (χ4v) is 2.38. The third-order valence-electron chi connectivity index (χ3n) is 3.13. The second-order valence-corrected chi connectivity index (χ2v) is 4.09. The van der Waals surface area contributed by atoms with Crippen molar-refractivity contribution < 1.29 is 19.5 Å². The molecule has 2 rings (SSSR count). The van der Waals surface area contributed by atoms with Gasteiger partial charge in [-0.05, 0) is 12.8 Å². The average molecular weight is 230 g/mol. The zero-order valence-electron chi connectivity index (χ0n) is 9.09. The van der Waals surface area contributed by atoms with Gasteiger partial charge < -0.3 is 10.8 Å². The number of amides is 1. The Hall–Kier alpha value is -1.14. The quantitative estimate of drug-likeness (QED) is 0.545. The second kappa shape index (κ2) is 6.44. The van der Waals surface area contributed by atoms with E-state index in [0.717, 1.165) is 25.8 Å². The molecule has 2 fully saturated rings. The predicted octanol–water partition coefficient (Wildman–Crippen LogP) is -0.118. The van der Waals surface area contributed by atoms with Gasteiger partial charge in [0.15, 0.2) is 0 Å². The number of carbonyl (C=O) groups excluding carboxylic acids is 1. The van der Waals surface area contributed by atoms with E-state index in [-0.39, 0.29) is 24.4 Å². The molecule has 0 aromatic heterocycles. The molecule has 0 aromatic rings. The molecule has 2 aliphatic rings. The van der Waals surface area contributed by atoms with Crippen molar-refractivity contribution >= 4 is 12.4 Å². The molecule has 1 aliphatic carbocycles. The van der Waals surface area contributed by atoms with Crippen LogP contribution in [-0.2, 0) is 14.4 Å². The highest BCUT2D eigenvalue weighted by atomic mass is 16.7. The van der Waals surface area contributed by atoms with E-state index in [1.165, 1.54) is 6.42 Å². The lowest BCUT2D eigenvalue weighted by Gasteiger charge is -2.20. The van der Waals surface area contributed by atoms with Crippen LogP contribution in [0.15, 0.2) is 0 Å². The Bertz CT molecular complexity index is 247. The van der Waals surface area contributed by atoms with E-state index in [2.05, 4.69) is 5.48 Å². The highest BCUT2D eigenvalue weighted by molar-refractivity contribution is 5.77. The number of hydrogen-bond acceptors (Lipinski definition) is 4. The standard InChI is InChI=1S/C9H16N2O2.CH2O2/c10-9(12)7-4-2-1-3-6-5-11-13-8(6)7;2-1-3/h6-8,11H,1-5H2,(H2,10,12);1H,(H,2,3). The molecule has 1 saturated heterocycles. The summed E-state index contributed by atoms with van der Waals surface area (Å²) in [5.74, 6) is 0.197. The van der Waals surface area contributed by atoms with E-state index in [0.29, 0.717) is 5.92 Å². The minimum absolute atomic E-state index is 0.0278. The molecular weight excluding hydrogens is 212 g/mol. The van der Waals surface area contributed by atoms with Crippen molar-refractivity contribution in [2.24, 2.45) is 17.6 Å². The van der Waals surface area contributed by atoms with Crippen LogP contribution < -0.4 is 11.2 Å². The first-order valence-electron chi connectivity index (χ1n) is 5.46. The highest BCUT2D eigenvalue weighted by Crippen LogP contribution is 2.32. The van der Waals surface area contributed by atoms with E-state index in [1.54, 1.807) is 0 Å². The van der Waals surface area contributed by atoms with Crippen molar-refractivity contribution in [3.8, 4) is 0 Å². The van der Waals surface area contributed by atoms with Gasteiger partial charge in [-0.25, -0.2) is 5.48 Å². The van der Waals surface area contributed by atoms with Gasteiger partial charge in [-0.2, -0.15) is 0 Å². The first-order chi connectivity index (χ1) is 7.70. The zero-order valence-corrected chi connectivity index (χ0v) is 9.09. The Morgan fingerprint density at radius 3 is 2.69 bits per heavy atom. The lowest BCUT2D eigenvalue weighted by molar-refractivity contribution is -0.128. The molecule has 6 heteroatoms. The molecule has 6 nitrogen and oxygen atoms in total. The maximum absolute atomic E-state index is 11.2. The smallest absolute Gasteiger partial charge is 0.290 e. The molecule has 3 unspecified atom stereocenters. The van der Waals surface area contributed by atoms with Crippen molar-refractivity contribution in [3.63, 3.8) is 0 Å². The van der Waals surface area contributed by atoms with Crippen LogP contribution >= 0.6 is 0 Å². The van der Waals surface area contributed by atoms with E-state index in [1.807, 2.05) is 0 Å². The summed E-state index contributed by atoms with van der Waals surface area (Å²) in [5, 5.41) is 6.89. The topological polar surface area (TPSA) is 102 Å². The molecular formula is C10H18N2O4. The van der Waals surface area contributed by atoms with E-state index in [9.17, 15) is 4.79 Å². The van der Waals surface area contributed by atoms with Crippen LogP contribution in [0.25, 0.3) is 0 Å². The van der Waals surface area contributed by atoms with Crippen LogP contribution in [-0.4, -0.2) is 30.1 Å². The van der Waals surface area contributed by atoms with Gasteiger partial charge in [0.1, 0.15) is 0 Å². The summed E-state index contributed by atoms with van der Waals surface area (Å²) in [6, 6.07) is 0. The van der Waals surface area contributed by atoms with Crippen LogP contribution in [0.5, 0.6) is 0 Å². The normalized spacial score (nSPS) is 32.9. The number of primary amides is 1. The Balaban J connectivity index is 0.000000386. The Kier molecular flexibility index (Phi) is 5.21. The lowest BCUT2D eigenvalue weighted by atomic mass is 9.90. The van der Waals surface area contributed by atoms with Gasteiger partial charge in [0.05, 0.1) is 12.0 Å². The van der Waals surface area contributed by atoms with Crippen LogP contribution in [0.2, 0.25) is 0 Å². The van der Waals surface area contributed by atoms with Crippen LogP contribution in [0.4, 0.5) is 0 Å². The fourth-order valence-electron chi connectivity index (χ4n) is 2.38. The number of fused-ring (bicyclic) bond motifs is 1. The molecule has 1 aliphatic heterocycles. The van der Waals surface area contributed by atoms with Crippen LogP contribution in [0.1, 0.15) is 25.7 Å². The van der Waals surface area contributed by atoms with Gasteiger partial charge in [0.2, 0.25) is 5.91 Å². The minimum Gasteiger partial charge on any atom is -0.483 e. The summed E-state index contributed by atoms with van der Waals surface area (Å²) in [6.07, 6.45) is 4.36. The van der Waals surface area contributed by atoms with Crippen LogP contribution in [0.3, 0.4) is 0 Å². The SMILES string of the molecule is NC(=O)C1CCCCC2CNOC21.O=CO. The van der Waals surface area contributed by atoms with Gasteiger partial charge in [0, 0.05) is 12.5 Å². The van der Waals surface area contributed by atoms with E-state index < -0.39 is 0 Å². The number of hydroxylamine groups is 1. The van der Waals surface area contributed by atoms with Gasteiger partial charge >= 0.3 is 0 Å². The molecule has 0 spiro atoms. The lowest BCUT2D eigenvalue weighted by Crippen LogP contribution is -2.36. The van der Waals surface area contributed by atoms with Gasteiger partial charge in [-0.3, -0.25) is 14.4 Å². The summed E-state index contributed by atoms with van der Waals surface area (Å²) >= 11 is 0. The molecule has 1 heterocycles. The molecule has 0 bridgehead atoms. The molecule has 4 N–H and O–H groups in total. The molecule has 0 radical (unpaired) electrons. The Labute approximate surface area is 94.1 Å². The maximum Gasteiger partial charge on any atom is 0.290 e. The molecule has 92 valence electrons. The van der Waals surface area contributed by atoms with E-state index >= 15 is 0 Å². The number of carbonyl (C=O) groups is 2. The first kappa shape index (κ1) is 12.9. The summed E-state index contributed by atoms with van der Waals surface area (Å²) in [4.78, 5) is 24.9. The largest absolute Gasteiger partial charge is 0.483 e. The van der Waals surface area contributed by atoms with Crippen molar-refractivity contribution in [2.75, 3.05) is 6.54 Å². The highest BCUT2D eigenvalue weighted by Gasteiger charge is 2.39. The van der Waals surface area contributed by atoms with E-state index in [4.69, 9.17) is 20.5 Å². The van der Waals surface area contributed by atoms with Crippen molar-refractivity contribution in [3.05, 3.63) is 0 Å². The average Bonchev–Trinajstić information content (AvgIpc) is 2.58. The fraction of sp³-hybridized carbons (Fsp3) is 0.800. The maximum atomic E-state index is 11.2. The third-order valence-corrected chi connectivity index (χ3v) is 3.13. The monoisotopic (exact) mass is 230 g/mol. The molecule has 16 heavy (non-hydrogen) atoms. The molecule has 3 atom stereocenters. The number of hydrogen-bond donors (Lipinski definition) is 3. The van der Waals surface area contributed by atoms with Crippen LogP contribution in [0, 0.1) is 11.8 Å². The van der Waals surface area contributed by atoms with Crippen molar-refractivity contribution in [1.29, 1.82) is 0 Å². The van der Waals surface area contributed by atoms with Gasteiger partial charge in [0.25, 0.3) is 6.47 Å². The van der Waals surface area contributed by atoms with Gasteiger partial charge in [-0.15, -0.1) is 0 Å². The summed E-state index contributed by atoms with van der Waals surface area (Å²) in [5.41, 5.74) is 8.22. The first-order valence-corrected chi connectivity index (χ1v) is 5.46. The summed E-state index contributed by atoms with van der Waals surface area (Å²) < 4.78 is 0. The Morgan fingerprint density at radius 1 is 1.44 bits per heavy atom. The van der Waals surface area contributed by atoms with Crippen molar-refractivity contribution in [1.82, 2.24) is 5.48 Å². The molecule has 0 aromatic carbocycles. The number of nitrogens with one attached hydrogen (secondary N) is 1. The second-order valence-electron chi connectivity index (χ2n) is 4.09. The summed E-state index contributed by atoms with van der Waals surface area (Å²) in [6.45, 7) is 0.619. The third kappa shape index (κ3) is 3.18. The minimum atomic E-state index is -0.250. The number of rotatable bonds is 1. The molecule has 1 amide bonds. The number of carboxylic acid groups (broad SMARTS) is 1. The van der Waals surface area contributed by atoms with Gasteiger partial charge in [-0.1, -0.05) is 12.8 Å². The molecule has 1 saturated carbocycles. The zero-order chi connectivity index (χ0) is 12.0. The predicted molar refractivity (Wildman–Crippen MR) is 56.2 cm³/mol. The summed E-state index contributed by atoms with van der Waals surface area (Å²) in [7, 11) is 0.